The lowest BCUT2D eigenvalue weighted by molar-refractivity contribution is 0.0685. The molecule has 0 unspecified atom stereocenters. The van der Waals surface area contributed by atoms with E-state index in [0.29, 0.717) is 0 Å². The summed E-state index contributed by atoms with van der Waals surface area (Å²) in [6.07, 6.45) is 0. The van der Waals surface area contributed by atoms with Gasteiger partial charge in [0.25, 0.3) is 0 Å². The number of benzene rings is 2. The zero-order valence-corrected chi connectivity index (χ0v) is 17.1. The molecule has 0 spiro atoms. The molecule has 0 atom stereocenters. The first-order chi connectivity index (χ1) is 10.3. The van der Waals surface area contributed by atoms with Crippen molar-refractivity contribution in [2.75, 3.05) is 0 Å². The minimum Gasteiger partial charge on any atom is -0.488 e. The molecule has 1 N–H and O–H groups in total. The number of carboxylic acid groups (broad SMARTS) is 1. The van der Waals surface area contributed by atoms with E-state index in [-0.39, 0.29) is 12.4 Å². The molecule has 3 nitrogen and oxygen atoms in total. The molecule has 0 radical (unpaired) electrons. The summed E-state index contributed by atoms with van der Waals surface area (Å²) in [6.45, 7) is 0.0683. The van der Waals surface area contributed by atoms with Crippen LogP contribution in [0.1, 0.15) is 15.9 Å². The molecule has 0 bridgehead atoms. The van der Waals surface area contributed by atoms with Gasteiger partial charge in [-0.1, -0.05) is 0 Å². The van der Waals surface area contributed by atoms with E-state index in [0.717, 1.165) is 28.4 Å². The van der Waals surface area contributed by atoms with Gasteiger partial charge in [-0.05, 0) is 92.0 Å². The summed E-state index contributed by atoms with van der Waals surface area (Å²) < 4.78 is 35.2. The Kier molecular flexibility index (Phi) is 6.22. The quantitative estimate of drug-likeness (QED) is 0.476. The minimum atomic E-state index is -1.57. The van der Waals surface area contributed by atoms with E-state index in [2.05, 4.69) is 67.8 Å². The van der Waals surface area contributed by atoms with Gasteiger partial charge in [0.1, 0.15) is 17.9 Å². The van der Waals surface area contributed by atoms with E-state index in [1.807, 2.05) is 12.1 Å². The van der Waals surface area contributed by atoms with E-state index in [1.165, 1.54) is 0 Å². The van der Waals surface area contributed by atoms with Crippen molar-refractivity contribution < 1.29 is 23.4 Å². The van der Waals surface area contributed by atoms with Crippen molar-refractivity contribution in [2.45, 2.75) is 6.61 Å². The molecule has 2 aromatic carbocycles. The summed E-state index contributed by atoms with van der Waals surface area (Å²) in [7, 11) is 0. The molecule has 0 fully saturated rings. The van der Waals surface area contributed by atoms with Gasteiger partial charge in [-0.2, -0.15) is 0 Å². The van der Waals surface area contributed by atoms with Crippen molar-refractivity contribution in [1.82, 2.24) is 0 Å². The molecule has 116 valence electrons. The van der Waals surface area contributed by atoms with Crippen LogP contribution in [0.2, 0.25) is 0 Å². The van der Waals surface area contributed by atoms with Crippen LogP contribution in [0, 0.1) is 22.3 Å². The zero-order chi connectivity index (χ0) is 16.4. The third kappa shape index (κ3) is 3.99. The van der Waals surface area contributed by atoms with Crippen LogP contribution in [-0.4, -0.2) is 11.1 Å². The Hall–Kier alpha value is -0.240. The predicted molar refractivity (Wildman–Crippen MR) is 102 cm³/mol. The lowest BCUT2D eigenvalue weighted by atomic mass is 10.1. The fourth-order valence-corrected chi connectivity index (χ4v) is 5.61. The number of ether oxygens (including phenoxy) is 1. The summed E-state index contributed by atoms with van der Waals surface area (Å²) in [5.41, 5.74) is 0.0678. The predicted octanol–water partition coefficient (Wildman–Crippen LogP) is 5.06. The van der Waals surface area contributed by atoms with Gasteiger partial charge in [-0.15, -0.1) is 0 Å². The summed E-state index contributed by atoms with van der Waals surface area (Å²) >= 11 is 6.49. The second-order valence-electron chi connectivity index (χ2n) is 4.18. The molecule has 0 saturated carbocycles. The Labute approximate surface area is 165 Å². The van der Waals surface area contributed by atoms with Gasteiger partial charge in [0.2, 0.25) is 0 Å². The fraction of sp³-hybridized carbons (Fsp3) is 0.0714. The van der Waals surface area contributed by atoms with Gasteiger partial charge in [-0.3, -0.25) is 0 Å². The lowest BCUT2D eigenvalue weighted by Crippen LogP contribution is -2.09. The molecule has 2 aromatic rings. The first kappa shape index (κ1) is 18.1. The number of carbonyl (C=O) groups is 1. The van der Waals surface area contributed by atoms with Crippen LogP contribution < -0.4 is 4.74 Å². The van der Waals surface area contributed by atoms with Crippen molar-refractivity contribution in [3.8, 4) is 5.75 Å². The maximum absolute atomic E-state index is 13.6. The van der Waals surface area contributed by atoms with Gasteiger partial charge in [0.15, 0.2) is 11.6 Å². The number of halogens is 5. The lowest BCUT2D eigenvalue weighted by Gasteiger charge is -2.13. The van der Waals surface area contributed by atoms with E-state index >= 15 is 0 Å². The Morgan fingerprint density at radius 1 is 1.14 bits per heavy atom. The molecule has 0 saturated heterocycles. The average molecular weight is 642 g/mol. The highest BCUT2D eigenvalue weighted by Gasteiger charge is 2.21. The van der Waals surface area contributed by atoms with E-state index in [9.17, 15) is 13.6 Å². The summed E-state index contributed by atoms with van der Waals surface area (Å²) in [6, 6.07) is 5.87. The smallest absolute Gasteiger partial charge is 0.342 e. The molecule has 0 amide bonds. The van der Waals surface area contributed by atoms with Crippen LogP contribution in [0.4, 0.5) is 8.78 Å². The first-order valence-corrected chi connectivity index (χ1v) is 9.02. The highest BCUT2D eigenvalue weighted by atomic mass is 127. The minimum absolute atomic E-state index is 0.0683. The maximum atomic E-state index is 13.6. The third-order valence-electron chi connectivity index (χ3n) is 2.75. The van der Waals surface area contributed by atoms with Crippen LogP contribution in [0.15, 0.2) is 24.3 Å². The second-order valence-corrected chi connectivity index (χ2v) is 7.75. The number of carboxylic acids is 1. The Bertz CT molecular complexity index is 727. The van der Waals surface area contributed by atoms with E-state index in [4.69, 9.17) is 9.84 Å². The molecule has 0 aliphatic rings. The fourth-order valence-electron chi connectivity index (χ4n) is 1.71. The molecule has 2 rings (SSSR count). The molecule has 0 aliphatic carbocycles. The average Bonchev–Trinajstić information content (AvgIpc) is 2.41. The highest BCUT2D eigenvalue weighted by Crippen LogP contribution is 2.27. The van der Waals surface area contributed by atoms with Crippen molar-refractivity contribution in [3.05, 3.63) is 57.7 Å². The normalized spacial score (nSPS) is 10.6. The highest BCUT2D eigenvalue weighted by molar-refractivity contribution is 14.1. The van der Waals surface area contributed by atoms with Gasteiger partial charge in [-0.25, -0.2) is 13.6 Å². The van der Waals surface area contributed by atoms with Crippen LogP contribution in [0.3, 0.4) is 0 Å². The standard InChI is InChI=1S/C14H7F2I3O3/c15-8-1-2-11(12(13(8)16)14(20)21)22-5-7-9(18)3-6(17)4-10(7)19/h1-4H,5H2,(H,20,21). The van der Waals surface area contributed by atoms with Crippen molar-refractivity contribution >= 4 is 73.7 Å². The molecule has 0 heterocycles. The van der Waals surface area contributed by atoms with Gasteiger partial charge in [0.05, 0.1) is 0 Å². The van der Waals surface area contributed by atoms with Crippen LogP contribution in [0.5, 0.6) is 5.75 Å². The van der Waals surface area contributed by atoms with Crippen molar-refractivity contribution in [1.29, 1.82) is 0 Å². The molecule has 0 aliphatic heterocycles. The van der Waals surface area contributed by atoms with E-state index < -0.39 is 23.2 Å². The summed E-state index contributed by atoms with van der Waals surface area (Å²) in [4.78, 5) is 11.1. The number of hydrogen-bond acceptors (Lipinski definition) is 2. The van der Waals surface area contributed by atoms with Crippen molar-refractivity contribution in [2.24, 2.45) is 0 Å². The molecule has 8 heteroatoms. The summed E-state index contributed by atoms with van der Waals surface area (Å²) in [5.74, 6) is -4.41. The number of rotatable bonds is 4. The zero-order valence-electron chi connectivity index (χ0n) is 10.7. The van der Waals surface area contributed by atoms with Crippen LogP contribution in [0.25, 0.3) is 0 Å². The first-order valence-electron chi connectivity index (χ1n) is 5.78. The topological polar surface area (TPSA) is 46.5 Å². The van der Waals surface area contributed by atoms with Gasteiger partial charge < -0.3 is 9.84 Å². The molecule has 0 aromatic heterocycles. The second kappa shape index (κ2) is 7.55. The van der Waals surface area contributed by atoms with Gasteiger partial charge in [0, 0.05) is 16.3 Å². The number of aromatic carboxylic acids is 1. The van der Waals surface area contributed by atoms with Crippen molar-refractivity contribution in [3.63, 3.8) is 0 Å². The number of hydrogen-bond donors (Lipinski definition) is 1. The maximum Gasteiger partial charge on any atom is 0.342 e. The van der Waals surface area contributed by atoms with Crippen LogP contribution >= 0.6 is 67.8 Å². The Morgan fingerprint density at radius 2 is 1.73 bits per heavy atom. The van der Waals surface area contributed by atoms with Gasteiger partial charge >= 0.3 is 5.97 Å². The van der Waals surface area contributed by atoms with Crippen LogP contribution in [-0.2, 0) is 6.61 Å². The Balaban J connectivity index is 2.34. The summed E-state index contributed by atoms with van der Waals surface area (Å²) in [5, 5.41) is 9.02. The Morgan fingerprint density at radius 3 is 2.27 bits per heavy atom. The molecule has 22 heavy (non-hydrogen) atoms. The largest absolute Gasteiger partial charge is 0.488 e. The molecular weight excluding hydrogens is 635 g/mol. The third-order valence-corrected chi connectivity index (χ3v) is 5.30. The monoisotopic (exact) mass is 642 g/mol. The van der Waals surface area contributed by atoms with E-state index in [1.54, 1.807) is 0 Å². The molecular formula is C14H7F2I3O3. The SMILES string of the molecule is O=C(O)c1c(OCc2c(I)cc(I)cc2I)ccc(F)c1F.